The summed E-state index contributed by atoms with van der Waals surface area (Å²) in [7, 11) is 1.27. The molecule has 1 aromatic carbocycles. The van der Waals surface area contributed by atoms with Gasteiger partial charge in [-0.1, -0.05) is 13.3 Å². The van der Waals surface area contributed by atoms with Crippen molar-refractivity contribution < 1.29 is 22.7 Å². The van der Waals surface area contributed by atoms with E-state index in [1.807, 2.05) is 6.92 Å². The lowest BCUT2D eigenvalue weighted by Gasteiger charge is -2.24. The van der Waals surface area contributed by atoms with Crippen LogP contribution in [0.2, 0.25) is 0 Å². The molecule has 0 radical (unpaired) electrons. The van der Waals surface area contributed by atoms with Gasteiger partial charge in [0.2, 0.25) is 5.91 Å². The first-order valence-electron chi connectivity index (χ1n) is 6.47. The molecule has 1 atom stereocenters. The number of benzene rings is 1. The van der Waals surface area contributed by atoms with Crippen LogP contribution in [0, 0.1) is 0 Å². The van der Waals surface area contributed by atoms with Gasteiger partial charge in [-0.2, -0.15) is 13.2 Å². The number of hydrogen-bond donors (Lipinski definition) is 2. The maximum atomic E-state index is 13.0. The highest BCUT2D eigenvalue weighted by molar-refractivity contribution is 5.98. The van der Waals surface area contributed by atoms with Crippen molar-refractivity contribution >= 4 is 11.6 Å². The number of ether oxygens (including phenoxy) is 1. The van der Waals surface area contributed by atoms with Gasteiger partial charge in [0.05, 0.1) is 23.9 Å². The Labute approximate surface area is 121 Å². The van der Waals surface area contributed by atoms with E-state index in [2.05, 4.69) is 5.32 Å². The highest BCUT2D eigenvalue weighted by Gasteiger charge is 2.36. The van der Waals surface area contributed by atoms with Crippen molar-refractivity contribution in [3.63, 3.8) is 0 Å². The molecule has 1 amide bonds. The molecule has 4 nitrogen and oxygen atoms in total. The molecule has 0 aliphatic heterocycles. The zero-order valence-corrected chi connectivity index (χ0v) is 12.2. The maximum Gasteiger partial charge on any atom is 0.418 e. The molecule has 0 aliphatic rings. The van der Waals surface area contributed by atoms with Crippen molar-refractivity contribution in [2.75, 3.05) is 12.4 Å². The first-order valence-corrected chi connectivity index (χ1v) is 6.47. The van der Waals surface area contributed by atoms with Gasteiger partial charge in [0.1, 0.15) is 5.75 Å². The van der Waals surface area contributed by atoms with Crippen LogP contribution in [0.15, 0.2) is 18.2 Å². The van der Waals surface area contributed by atoms with Crippen molar-refractivity contribution in [3.8, 4) is 5.75 Å². The number of carbonyl (C=O) groups is 1. The number of halogens is 3. The third-order valence-electron chi connectivity index (χ3n) is 3.07. The monoisotopic (exact) mass is 304 g/mol. The van der Waals surface area contributed by atoms with Gasteiger partial charge in [0, 0.05) is 0 Å². The van der Waals surface area contributed by atoms with E-state index in [1.54, 1.807) is 0 Å². The van der Waals surface area contributed by atoms with Crippen LogP contribution in [0.5, 0.6) is 5.75 Å². The first-order chi connectivity index (χ1) is 9.61. The van der Waals surface area contributed by atoms with E-state index < -0.39 is 23.2 Å². The number of methoxy groups -OCH3 is 1. The summed E-state index contributed by atoms with van der Waals surface area (Å²) in [5.74, 6) is -0.593. The van der Waals surface area contributed by atoms with Crippen LogP contribution in [-0.2, 0) is 11.0 Å². The molecule has 118 valence electrons. The Kier molecular flexibility index (Phi) is 5.22. The van der Waals surface area contributed by atoms with Crippen LogP contribution in [-0.4, -0.2) is 18.6 Å². The molecule has 3 N–H and O–H groups in total. The van der Waals surface area contributed by atoms with Gasteiger partial charge >= 0.3 is 6.18 Å². The van der Waals surface area contributed by atoms with Crippen molar-refractivity contribution in [3.05, 3.63) is 23.8 Å². The van der Waals surface area contributed by atoms with Gasteiger partial charge in [-0.25, -0.2) is 0 Å². The predicted molar refractivity (Wildman–Crippen MR) is 74.1 cm³/mol. The minimum absolute atomic E-state index is 0.0596. The second-order valence-electron chi connectivity index (χ2n) is 5.03. The van der Waals surface area contributed by atoms with E-state index in [-0.39, 0.29) is 11.4 Å². The first kappa shape index (κ1) is 17.3. The summed E-state index contributed by atoms with van der Waals surface area (Å²) in [6.45, 7) is 3.33. The van der Waals surface area contributed by atoms with E-state index >= 15 is 0 Å². The van der Waals surface area contributed by atoms with Crippen LogP contribution in [0.1, 0.15) is 32.3 Å². The molecule has 1 unspecified atom stereocenters. The molecule has 0 aliphatic carbocycles. The maximum absolute atomic E-state index is 13.0. The average Bonchev–Trinajstić information content (AvgIpc) is 2.37. The lowest BCUT2D eigenvalue weighted by Crippen LogP contribution is -2.48. The Hall–Kier alpha value is -1.76. The van der Waals surface area contributed by atoms with Gasteiger partial charge < -0.3 is 15.8 Å². The van der Waals surface area contributed by atoms with Crippen LogP contribution in [0.25, 0.3) is 0 Å². The molecule has 0 aromatic heterocycles. The van der Waals surface area contributed by atoms with E-state index in [4.69, 9.17) is 10.5 Å². The third kappa shape index (κ3) is 4.35. The van der Waals surface area contributed by atoms with Gasteiger partial charge in [-0.15, -0.1) is 0 Å². The van der Waals surface area contributed by atoms with Gasteiger partial charge in [0.25, 0.3) is 0 Å². The SMILES string of the molecule is CCCC(C)(N)C(=O)Nc1ccc(OC)cc1C(F)(F)F. The Morgan fingerprint density at radius 2 is 2.00 bits per heavy atom. The quantitative estimate of drug-likeness (QED) is 0.878. The predicted octanol–water partition coefficient (Wildman–Crippen LogP) is 3.17. The topological polar surface area (TPSA) is 64.4 Å². The molecule has 1 aromatic rings. The highest BCUT2D eigenvalue weighted by atomic mass is 19.4. The molecular weight excluding hydrogens is 285 g/mol. The molecular formula is C14H19F3N2O2. The lowest BCUT2D eigenvalue weighted by molar-refractivity contribution is -0.137. The summed E-state index contributed by atoms with van der Waals surface area (Å²) in [6.07, 6.45) is -3.58. The molecule has 0 heterocycles. The highest BCUT2D eigenvalue weighted by Crippen LogP contribution is 2.37. The van der Waals surface area contributed by atoms with E-state index in [0.717, 1.165) is 12.1 Å². The number of anilines is 1. The fourth-order valence-corrected chi connectivity index (χ4v) is 1.89. The Balaban J connectivity index is 3.11. The second kappa shape index (κ2) is 6.34. The molecule has 0 saturated carbocycles. The third-order valence-corrected chi connectivity index (χ3v) is 3.07. The molecule has 1 rings (SSSR count). The summed E-state index contributed by atoms with van der Waals surface area (Å²) in [5, 5.41) is 2.25. The molecule has 0 spiro atoms. The van der Waals surface area contributed by atoms with Crippen molar-refractivity contribution in [1.29, 1.82) is 0 Å². The summed E-state index contributed by atoms with van der Waals surface area (Å²) in [5.41, 5.74) is 3.29. The average molecular weight is 304 g/mol. The molecule has 0 bridgehead atoms. The summed E-state index contributed by atoms with van der Waals surface area (Å²) >= 11 is 0. The summed E-state index contributed by atoms with van der Waals surface area (Å²) in [6, 6.07) is 3.34. The minimum Gasteiger partial charge on any atom is -0.497 e. The van der Waals surface area contributed by atoms with Gasteiger partial charge in [0.15, 0.2) is 0 Å². The fourth-order valence-electron chi connectivity index (χ4n) is 1.89. The zero-order chi connectivity index (χ0) is 16.3. The number of nitrogens with two attached hydrogens (primary N) is 1. The summed E-state index contributed by atoms with van der Waals surface area (Å²) < 4.78 is 43.8. The minimum atomic E-state index is -4.60. The zero-order valence-electron chi connectivity index (χ0n) is 12.2. The van der Waals surface area contributed by atoms with Crippen LogP contribution in [0.4, 0.5) is 18.9 Å². The number of rotatable bonds is 5. The molecule has 7 heteroatoms. The number of carbonyl (C=O) groups excluding carboxylic acids is 1. The Morgan fingerprint density at radius 1 is 1.38 bits per heavy atom. The fraction of sp³-hybridized carbons (Fsp3) is 0.500. The largest absolute Gasteiger partial charge is 0.497 e. The Morgan fingerprint density at radius 3 is 2.48 bits per heavy atom. The number of hydrogen-bond acceptors (Lipinski definition) is 3. The van der Waals surface area contributed by atoms with Crippen LogP contribution in [0.3, 0.4) is 0 Å². The number of alkyl halides is 3. The standard InChI is InChI=1S/C14H19F3N2O2/c1-4-7-13(2,18)12(20)19-11-6-5-9(21-3)8-10(11)14(15,16)17/h5-6,8H,4,7,18H2,1-3H3,(H,19,20). The van der Waals surface area contributed by atoms with E-state index in [9.17, 15) is 18.0 Å². The second-order valence-corrected chi connectivity index (χ2v) is 5.03. The van der Waals surface area contributed by atoms with E-state index in [1.165, 1.54) is 20.1 Å². The van der Waals surface area contributed by atoms with Crippen molar-refractivity contribution in [2.45, 2.75) is 38.4 Å². The molecule has 0 saturated heterocycles. The van der Waals surface area contributed by atoms with Crippen molar-refractivity contribution in [1.82, 2.24) is 0 Å². The van der Waals surface area contributed by atoms with E-state index in [0.29, 0.717) is 12.8 Å². The number of amides is 1. The van der Waals surface area contributed by atoms with Crippen molar-refractivity contribution in [2.24, 2.45) is 5.73 Å². The Bertz CT molecular complexity index is 513. The smallest absolute Gasteiger partial charge is 0.418 e. The number of nitrogens with one attached hydrogen (secondary N) is 1. The lowest BCUT2D eigenvalue weighted by atomic mass is 9.96. The van der Waals surface area contributed by atoms with Crippen LogP contribution < -0.4 is 15.8 Å². The van der Waals surface area contributed by atoms with Gasteiger partial charge in [-0.3, -0.25) is 4.79 Å². The summed E-state index contributed by atoms with van der Waals surface area (Å²) in [4.78, 5) is 12.0. The molecule has 0 fully saturated rings. The normalized spacial score (nSPS) is 14.4. The van der Waals surface area contributed by atoms with Gasteiger partial charge in [-0.05, 0) is 31.5 Å². The van der Waals surface area contributed by atoms with Crippen LogP contribution >= 0.6 is 0 Å². The molecule has 21 heavy (non-hydrogen) atoms.